The zero-order chi connectivity index (χ0) is 10.8. The summed E-state index contributed by atoms with van der Waals surface area (Å²) in [6.45, 7) is 4.15. The summed E-state index contributed by atoms with van der Waals surface area (Å²) in [5.41, 5.74) is 2.87. The van der Waals surface area contributed by atoms with Gasteiger partial charge in [-0.1, -0.05) is 6.07 Å². The van der Waals surface area contributed by atoms with Gasteiger partial charge in [0.25, 0.3) is 0 Å². The molecule has 2 aliphatic rings. The lowest BCUT2D eigenvalue weighted by molar-refractivity contribution is 0.222. The van der Waals surface area contributed by atoms with Crippen LogP contribution in [0.15, 0.2) is 18.2 Å². The first-order valence-electron chi connectivity index (χ1n) is 6.12. The van der Waals surface area contributed by atoms with Gasteiger partial charge >= 0.3 is 0 Å². The summed E-state index contributed by atoms with van der Waals surface area (Å²) in [4.78, 5) is 0. The number of hydrogen-bond donors (Lipinski definition) is 2. The van der Waals surface area contributed by atoms with Gasteiger partial charge in [0.05, 0.1) is 0 Å². The molecule has 86 valence electrons. The summed E-state index contributed by atoms with van der Waals surface area (Å²) in [6.07, 6.45) is 2.61. The Balaban J connectivity index is 1.74. The Morgan fingerprint density at radius 1 is 1.12 bits per heavy atom. The van der Waals surface area contributed by atoms with E-state index < -0.39 is 0 Å². The molecule has 1 saturated heterocycles. The third-order valence-corrected chi connectivity index (χ3v) is 3.38. The molecule has 2 aliphatic heterocycles. The number of benzene rings is 1. The van der Waals surface area contributed by atoms with Crippen molar-refractivity contribution in [1.29, 1.82) is 0 Å². The fourth-order valence-electron chi connectivity index (χ4n) is 2.45. The Labute approximate surface area is 96.2 Å². The number of nitrogens with one attached hydrogen (secondary N) is 2. The molecule has 1 aromatic rings. The quantitative estimate of drug-likeness (QED) is 0.779. The molecule has 0 bridgehead atoms. The summed E-state index contributed by atoms with van der Waals surface area (Å²) < 4.78 is 5.96. The van der Waals surface area contributed by atoms with Crippen LogP contribution in [0.2, 0.25) is 0 Å². The molecule has 1 atom stereocenters. The highest BCUT2D eigenvalue weighted by molar-refractivity contribution is 5.37. The third kappa shape index (κ3) is 2.06. The van der Waals surface area contributed by atoms with Crippen LogP contribution in [0.3, 0.4) is 0 Å². The minimum atomic E-state index is 0.361. The lowest BCUT2D eigenvalue weighted by Crippen LogP contribution is -2.24. The van der Waals surface area contributed by atoms with Gasteiger partial charge in [-0.25, -0.2) is 0 Å². The van der Waals surface area contributed by atoms with Crippen LogP contribution in [0, 0.1) is 0 Å². The number of fused-ring (bicyclic) bond motifs is 1. The van der Waals surface area contributed by atoms with Gasteiger partial charge in [-0.05, 0) is 49.2 Å². The molecule has 0 aromatic heterocycles. The van der Waals surface area contributed by atoms with Gasteiger partial charge in [-0.3, -0.25) is 0 Å². The zero-order valence-electron chi connectivity index (χ0n) is 9.46. The number of hydrogen-bond acceptors (Lipinski definition) is 3. The lowest BCUT2D eigenvalue weighted by Gasteiger charge is -2.19. The van der Waals surface area contributed by atoms with Crippen molar-refractivity contribution in [2.45, 2.75) is 25.5 Å². The molecular formula is C13H18N2O. The maximum Gasteiger partial charge on any atom is 0.120 e. The van der Waals surface area contributed by atoms with Gasteiger partial charge in [0.1, 0.15) is 11.9 Å². The molecule has 0 saturated carbocycles. The van der Waals surface area contributed by atoms with Gasteiger partial charge in [-0.15, -0.1) is 0 Å². The van der Waals surface area contributed by atoms with E-state index in [1.807, 2.05) is 0 Å². The van der Waals surface area contributed by atoms with Crippen molar-refractivity contribution >= 4 is 0 Å². The third-order valence-electron chi connectivity index (χ3n) is 3.38. The van der Waals surface area contributed by atoms with Crippen LogP contribution >= 0.6 is 0 Å². The summed E-state index contributed by atoms with van der Waals surface area (Å²) in [5.74, 6) is 1.04. The van der Waals surface area contributed by atoms with Gasteiger partial charge < -0.3 is 15.4 Å². The minimum Gasteiger partial charge on any atom is -0.489 e. The molecule has 2 N–H and O–H groups in total. The SMILES string of the molecule is c1cc2c(cc1OC1CCNC1)CCNC2. The van der Waals surface area contributed by atoms with E-state index in [9.17, 15) is 0 Å². The van der Waals surface area contributed by atoms with E-state index in [0.717, 1.165) is 44.8 Å². The fraction of sp³-hybridized carbons (Fsp3) is 0.538. The van der Waals surface area contributed by atoms with E-state index in [1.165, 1.54) is 11.1 Å². The minimum absolute atomic E-state index is 0.361. The fourth-order valence-corrected chi connectivity index (χ4v) is 2.45. The lowest BCUT2D eigenvalue weighted by atomic mass is 10.0. The molecule has 1 unspecified atom stereocenters. The molecule has 3 heteroatoms. The summed E-state index contributed by atoms with van der Waals surface area (Å²) in [6, 6.07) is 6.51. The highest BCUT2D eigenvalue weighted by atomic mass is 16.5. The normalized spacial score (nSPS) is 24.1. The molecule has 1 aromatic carbocycles. The second-order valence-electron chi connectivity index (χ2n) is 4.59. The summed E-state index contributed by atoms with van der Waals surface area (Å²) in [7, 11) is 0. The maximum absolute atomic E-state index is 5.96. The second kappa shape index (κ2) is 4.44. The highest BCUT2D eigenvalue weighted by Gasteiger charge is 2.16. The van der Waals surface area contributed by atoms with Crippen LogP contribution < -0.4 is 15.4 Å². The largest absolute Gasteiger partial charge is 0.489 e. The maximum atomic E-state index is 5.96. The molecule has 0 radical (unpaired) electrons. The standard InChI is InChI=1S/C13H18N2O/c1-2-12(16-13-4-6-15-9-13)7-10-3-5-14-8-11(1)10/h1-2,7,13-15H,3-6,8-9H2. The van der Waals surface area contributed by atoms with Crippen LogP contribution in [-0.2, 0) is 13.0 Å². The van der Waals surface area contributed by atoms with E-state index >= 15 is 0 Å². The smallest absolute Gasteiger partial charge is 0.120 e. The van der Waals surface area contributed by atoms with Crippen molar-refractivity contribution in [3.63, 3.8) is 0 Å². The average molecular weight is 218 g/mol. The predicted octanol–water partition coefficient (Wildman–Crippen LogP) is 1.07. The average Bonchev–Trinajstić information content (AvgIpc) is 2.82. The zero-order valence-corrected chi connectivity index (χ0v) is 9.46. The Morgan fingerprint density at radius 2 is 2.12 bits per heavy atom. The van der Waals surface area contributed by atoms with Crippen molar-refractivity contribution < 1.29 is 4.74 Å². The molecule has 0 amide bonds. The van der Waals surface area contributed by atoms with E-state index in [4.69, 9.17) is 4.74 Å². The second-order valence-corrected chi connectivity index (χ2v) is 4.59. The van der Waals surface area contributed by atoms with Crippen molar-refractivity contribution in [2.75, 3.05) is 19.6 Å². The Morgan fingerprint density at radius 3 is 3.00 bits per heavy atom. The van der Waals surface area contributed by atoms with Crippen LogP contribution in [0.25, 0.3) is 0 Å². The summed E-state index contributed by atoms with van der Waals surface area (Å²) >= 11 is 0. The Kier molecular flexibility index (Phi) is 2.80. The van der Waals surface area contributed by atoms with E-state index in [0.29, 0.717) is 6.10 Å². The first-order valence-corrected chi connectivity index (χ1v) is 6.12. The molecule has 2 heterocycles. The number of rotatable bonds is 2. The van der Waals surface area contributed by atoms with Crippen LogP contribution in [0.5, 0.6) is 5.75 Å². The van der Waals surface area contributed by atoms with Gasteiger partial charge in [0, 0.05) is 13.1 Å². The van der Waals surface area contributed by atoms with Gasteiger partial charge in [0.15, 0.2) is 0 Å². The summed E-state index contributed by atoms with van der Waals surface area (Å²) in [5, 5.41) is 6.70. The van der Waals surface area contributed by atoms with Crippen molar-refractivity contribution in [1.82, 2.24) is 10.6 Å². The molecule has 0 aliphatic carbocycles. The topological polar surface area (TPSA) is 33.3 Å². The molecule has 0 spiro atoms. The van der Waals surface area contributed by atoms with E-state index in [1.54, 1.807) is 0 Å². The van der Waals surface area contributed by atoms with E-state index in [-0.39, 0.29) is 0 Å². The van der Waals surface area contributed by atoms with Crippen molar-refractivity contribution in [2.24, 2.45) is 0 Å². The molecule has 16 heavy (non-hydrogen) atoms. The van der Waals surface area contributed by atoms with Gasteiger partial charge in [0.2, 0.25) is 0 Å². The molecule has 3 nitrogen and oxygen atoms in total. The molecule has 3 rings (SSSR count). The van der Waals surface area contributed by atoms with Crippen LogP contribution in [-0.4, -0.2) is 25.7 Å². The Bertz CT molecular complexity index is 372. The van der Waals surface area contributed by atoms with Crippen molar-refractivity contribution in [3.05, 3.63) is 29.3 Å². The monoisotopic (exact) mass is 218 g/mol. The first-order chi connectivity index (χ1) is 7.92. The molecular weight excluding hydrogens is 200 g/mol. The highest BCUT2D eigenvalue weighted by Crippen LogP contribution is 2.22. The van der Waals surface area contributed by atoms with E-state index in [2.05, 4.69) is 28.8 Å². The predicted molar refractivity (Wildman–Crippen MR) is 63.8 cm³/mol. The van der Waals surface area contributed by atoms with Gasteiger partial charge in [-0.2, -0.15) is 0 Å². The van der Waals surface area contributed by atoms with Crippen LogP contribution in [0.1, 0.15) is 17.5 Å². The van der Waals surface area contributed by atoms with Crippen molar-refractivity contribution in [3.8, 4) is 5.75 Å². The van der Waals surface area contributed by atoms with Crippen LogP contribution in [0.4, 0.5) is 0 Å². The Hall–Kier alpha value is -1.06. The molecule has 1 fully saturated rings. The number of ether oxygens (including phenoxy) is 1. The first kappa shape index (κ1) is 10.1.